The minimum Gasteiger partial charge on any atom is -0.325 e. The van der Waals surface area contributed by atoms with Crippen LogP contribution in [0, 0.1) is 5.82 Å². The Kier molecular flexibility index (Phi) is 5.38. The van der Waals surface area contributed by atoms with Gasteiger partial charge in [0.25, 0.3) is 0 Å². The van der Waals surface area contributed by atoms with Gasteiger partial charge in [0.15, 0.2) is 0 Å². The summed E-state index contributed by atoms with van der Waals surface area (Å²) in [5, 5.41) is 3.15. The molecule has 0 aliphatic heterocycles. The van der Waals surface area contributed by atoms with Gasteiger partial charge in [0, 0.05) is 36.1 Å². The molecule has 0 spiro atoms. The normalized spacial score (nSPS) is 11.1. The van der Waals surface area contributed by atoms with Crippen molar-refractivity contribution >= 4 is 46.0 Å². The molecule has 0 radical (unpaired) electrons. The topological polar surface area (TPSA) is 56.0 Å². The molecule has 26 heavy (non-hydrogen) atoms. The van der Waals surface area contributed by atoms with Gasteiger partial charge in [-0.25, -0.2) is 9.18 Å². The highest BCUT2D eigenvalue weighted by molar-refractivity contribution is 7.99. The first-order chi connectivity index (χ1) is 12.4. The number of rotatable bonds is 5. The molecule has 0 atom stereocenters. The summed E-state index contributed by atoms with van der Waals surface area (Å²) >= 11 is 7.26. The number of aryl methyl sites for hydroxylation is 2. The Balaban J connectivity index is 1.64. The molecule has 1 amide bonds. The number of carbonyl (C=O) groups excluding carboxylic acids is 1. The standard InChI is InChI=1S/C18H17ClFN3O2S/c1-22-15-7-6-11(8-16(15)23(2)18(22)25)21-17(24)10-26-9-12-13(19)4-3-5-14(12)20/h3-8H,9-10H2,1-2H3,(H,21,24). The first kappa shape index (κ1) is 18.5. The minimum absolute atomic E-state index is 0.124. The predicted molar refractivity (Wildman–Crippen MR) is 104 cm³/mol. The average Bonchev–Trinajstić information content (AvgIpc) is 2.82. The number of fused-ring (bicyclic) bond motifs is 1. The number of benzene rings is 2. The second kappa shape index (κ2) is 7.55. The van der Waals surface area contributed by atoms with Gasteiger partial charge in [0.2, 0.25) is 5.91 Å². The number of nitrogens with one attached hydrogen (secondary N) is 1. The number of hydrogen-bond acceptors (Lipinski definition) is 3. The molecule has 0 bridgehead atoms. The Morgan fingerprint density at radius 2 is 1.92 bits per heavy atom. The van der Waals surface area contributed by atoms with Crippen LogP contribution in [-0.2, 0) is 24.6 Å². The van der Waals surface area contributed by atoms with E-state index in [9.17, 15) is 14.0 Å². The van der Waals surface area contributed by atoms with Crippen LogP contribution in [0.5, 0.6) is 0 Å². The zero-order valence-electron chi connectivity index (χ0n) is 14.3. The van der Waals surface area contributed by atoms with Crippen molar-refractivity contribution in [1.29, 1.82) is 0 Å². The summed E-state index contributed by atoms with van der Waals surface area (Å²) in [7, 11) is 3.39. The third kappa shape index (κ3) is 3.64. The first-order valence-corrected chi connectivity index (χ1v) is 9.37. The summed E-state index contributed by atoms with van der Waals surface area (Å²) in [4.78, 5) is 24.1. The summed E-state index contributed by atoms with van der Waals surface area (Å²) in [6, 6.07) is 9.82. The maximum atomic E-state index is 13.7. The van der Waals surface area contributed by atoms with Gasteiger partial charge in [-0.15, -0.1) is 11.8 Å². The molecular weight excluding hydrogens is 377 g/mol. The maximum absolute atomic E-state index is 13.7. The van der Waals surface area contributed by atoms with Gasteiger partial charge in [-0.2, -0.15) is 0 Å². The van der Waals surface area contributed by atoms with Crippen LogP contribution in [0.25, 0.3) is 11.0 Å². The lowest BCUT2D eigenvalue weighted by Crippen LogP contribution is -2.19. The lowest BCUT2D eigenvalue weighted by Gasteiger charge is -2.07. The molecule has 1 N–H and O–H groups in total. The zero-order chi connectivity index (χ0) is 18.8. The average molecular weight is 394 g/mol. The van der Waals surface area contributed by atoms with E-state index in [1.165, 1.54) is 22.4 Å². The highest BCUT2D eigenvalue weighted by atomic mass is 35.5. The minimum atomic E-state index is -0.374. The van der Waals surface area contributed by atoms with E-state index in [0.29, 0.717) is 22.0 Å². The van der Waals surface area contributed by atoms with Crippen molar-refractivity contribution in [2.75, 3.05) is 11.1 Å². The lowest BCUT2D eigenvalue weighted by molar-refractivity contribution is -0.113. The Morgan fingerprint density at radius 1 is 1.19 bits per heavy atom. The molecule has 0 unspecified atom stereocenters. The van der Waals surface area contributed by atoms with Crippen LogP contribution in [0.15, 0.2) is 41.2 Å². The van der Waals surface area contributed by atoms with Crippen LogP contribution in [0.1, 0.15) is 5.56 Å². The Morgan fingerprint density at radius 3 is 2.65 bits per heavy atom. The Hall–Kier alpha value is -2.25. The van der Waals surface area contributed by atoms with Crippen LogP contribution in [-0.4, -0.2) is 20.8 Å². The molecule has 2 aromatic carbocycles. The fraction of sp³-hybridized carbons (Fsp3) is 0.222. The molecule has 3 aromatic rings. The number of imidazole rings is 1. The molecule has 0 aliphatic carbocycles. The molecular formula is C18H17ClFN3O2S. The second-order valence-corrected chi connectivity index (χ2v) is 7.24. The van der Waals surface area contributed by atoms with Crippen molar-refractivity contribution in [1.82, 2.24) is 9.13 Å². The van der Waals surface area contributed by atoms with Crippen LogP contribution in [0.3, 0.4) is 0 Å². The zero-order valence-corrected chi connectivity index (χ0v) is 15.8. The Bertz CT molecular complexity index is 1020. The number of halogens is 2. The summed E-state index contributed by atoms with van der Waals surface area (Å²) in [6.07, 6.45) is 0. The molecule has 0 fully saturated rings. The van der Waals surface area contributed by atoms with E-state index < -0.39 is 0 Å². The lowest BCUT2D eigenvalue weighted by atomic mass is 10.2. The fourth-order valence-corrected chi connectivity index (χ4v) is 3.86. The third-order valence-corrected chi connectivity index (χ3v) is 5.41. The quantitative estimate of drug-likeness (QED) is 0.721. The SMILES string of the molecule is Cn1c(=O)n(C)c2cc(NC(=O)CSCc3c(F)cccc3Cl)ccc21. The van der Waals surface area contributed by atoms with Crippen LogP contribution in [0.4, 0.5) is 10.1 Å². The summed E-state index contributed by atoms with van der Waals surface area (Å²) in [5.41, 5.74) is 2.40. The molecule has 5 nitrogen and oxygen atoms in total. The smallest absolute Gasteiger partial charge is 0.325 e. The molecule has 0 aliphatic rings. The summed E-state index contributed by atoms with van der Waals surface area (Å²) in [6.45, 7) is 0. The third-order valence-electron chi connectivity index (χ3n) is 4.10. The summed E-state index contributed by atoms with van der Waals surface area (Å²) in [5.74, 6) is -0.106. The van der Waals surface area contributed by atoms with Gasteiger partial charge in [0.05, 0.1) is 16.8 Å². The van der Waals surface area contributed by atoms with E-state index in [2.05, 4.69) is 5.32 Å². The van der Waals surface area contributed by atoms with Crippen molar-refractivity contribution in [3.8, 4) is 0 Å². The maximum Gasteiger partial charge on any atom is 0.328 e. The van der Waals surface area contributed by atoms with E-state index in [-0.39, 0.29) is 23.2 Å². The summed E-state index contributed by atoms with van der Waals surface area (Å²) < 4.78 is 16.8. The number of thioether (sulfide) groups is 1. The van der Waals surface area contributed by atoms with E-state index in [4.69, 9.17) is 11.6 Å². The number of anilines is 1. The number of nitrogens with zero attached hydrogens (tertiary/aromatic N) is 2. The molecule has 8 heteroatoms. The van der Waals surface area contributed by atoms with Crippen LogP contribution >= 0.6 is 23.4 Å². The van der Waals surface area contributed by atoms with Crippen LogP contribution in [0.2, 0.25) is 5.02 Å². The van der Waals surface area contributed by atoms with Crippen molar-refractivity contribution in [3.05, 3.63) is 63.3 Å². The van der Waals surface area contributed by atoms with E-state index in [0.717, 1.165) is 11.0 Å². The number of amides is 1. The van der Waals surface area contributed by atoms with Crippen molar-refractivity contribution in [2.24, 2.45) is 14.1 Å². The first-order valence-electron chi connectivity index (χ1n) is 7.84. The molecule has 0 saturated heterocycles. The number of hydrogen-bond donors (Lipinski definition) is 1. The monoisotopic (exact) mass is 393 g/mol. The van der Waals surface area contributed by atoms with Gasteiger partial charge in [0.1, 0.15) is 5.82 Å². The highest BCUT2D eigenvalue weighted by Crippen LogP contribution is 2.24. The highest BCUT2D eigenvalue weighted by Gasteiger charge is 2.11. The second-order valence-electron chi connectivity index (χ2n) is 5.85. The number of carbonyl (C=O) groups is 1. The predicted octanol–water partition coefficient (Wildman–Crippen LogP) is 3.54. The molecule has 0 saturated carbocycles. The van der Waals surface area contributed by atoms with Gasteiger partial charge >= 0.3 is 5.69 Å². The fourth-order valence-electron chi connectivity index (χ4n) is 2.70. The molecule has 1 aromatic heterocycles. The van der Waals surface area contributed by atoms with Gasteiger partial charge in [-0.1, -0.05) is 17.7 Å². The molecule has 136 valence electrons. The van der Waals surface area contributed by atoms with E-state index in [1.807, 2.05) is 0 Å². The van der Waals surface area contributed by atoms with Gasteiger partial charge in [-0.3, -0.25) is 13.9 Å². The Labute approximate surface area is 158 Å². The van der Waals surface area contributed by atoms with E-state index in [1.54, 1.807) is 49.0 Å². The van der Waals surface area contributed by atoms with Crippen LogP contribution < -0.4 is 11.0 Å². The van der Waals surface area contributed by atoms with Gasteiger partial charge < -0.3 is 5.32 Å². The molecule has 3 rings (SSSR count). The number of aromatic nitrogens is 2. The largest absolute Gasteiger partial charge is 0.328 e. The van der Waals surface area contributed by atoms with E-state index >= 15 is 0 Å². The van der Waals surface area contributed by atoms with Crippen molar-refractivity contribution < 1.29 is 9.18 Å². The van der Waals surface area contributed by atoms with Crippen molar-refractivity contribution in [2.45, 2.75) is 5.75 Å². The van der Waals surface area contributed by atoms with Gasteiger partial charge in [-0.05, 0) is 30.3 Å². The van der Waals surface area contributed by atoms with Crippen molar-refractivity contribution in [3.63, 3.8) is 0 Å². The molecule has 1 heterocycles.